The SMILES string of the molecule is CCCCCCCCCCCC/C=C(\[O-])O.[Na+]. The van der Waals surface area contributed by atoms with Gasteiger partial charge < -0.3 is 10.2 Å². The van der Waals surface area contributed by atoms with Crippen molar-refractivity contribution in [3.63, 3.8) is 0 Å². The summed E-state index contributed by atoms with van der Waals surface area (Å²) >= 11 is 0. The Balaban J connectivity index is 0. The Morgan fingerprint density at radius 1 is 0.882 bits per heavy atom. The molecule has 2 nitrogen and oxygen atoms in total. The quantitative estimate of drug-likeness (QED) is 0.338. The molecule has 17 heavy (non-hydrogen) atoms. The van der Waals surface area contributed by atoms with E-state index >= 15 is 0 Å². The zero-order chi connectivity index (χ0) is 12.1. The standard InChI is InChI=1S/C14H28O2.Na/c1-2-3-4-5-6-7-8-9-10-11-12-13-14(15)16;/h13,15-16H,2-12H2,1H3;/q;+1/p-1. The average Bonchev–Trinajstić information content (AvgIpc) is 2.25. The van der Waals surface area contributed by atoms with Crippen LogP contribution in [0.5, 0.6) is 0 Å². The molecule has 0 spiro atoms. The predicted octanol–water partition coefficient (Wildman–Crippen LogP) is 1.06. The molecule has 96 valence electrons. The van der Waals surface area contributed by atoms with Gasteiger partial charge in [-0.1, -0.05) is 70.8 Å². The maximum atomic E-state index is 10.2. The molecule has 0 radical (unpaired) electrons. The molecule has 3 heteroatoms. The molecule has 0 unspecified atom stereocenters. The van der Waals surface area contributed by atoms with Gasteiger partial charge in [0.05, 0.1) is 0 Å². The Labute approximate surface area is 129 Å². The Hall–Kier alpha value is 0.340. The van der Waals surface area contributed by atoms with Gasteiger partial charge in [-0.15, -0.1) is 0 Å². The van der Waals surface area contributed by atoms with Crippen LogP contribution in [0.25, 0.3) is 0 Å². The van der Waals surface area contributed by atoms with E-state index in [-0.39, 0.29) is 29.6 Å². The summed E-state index contributed by atoms with van der Waals surface area (Å²) in [7, 11) is 0. The summed E-state index contributed by atoms with van der Waals surface area (Å²) in [6.07, 6.45) is 15.1. The summed E-state index contributed by atoms with van der Waals surface area (Å²) in [5.74, 6) is -0.782. The van der Waals surface area contributed by atoms with E-state index in [2.05, 4.69) is 6.92 Å². The average molecular weight is 250 g/mol. The minimum Gasteiger partial charge on any atom is -0.629 e. The third-order valence-corrected chi connectivity index (χ3v) is 2.88. The Morgan fingerprint density at radius 3 is 1.71 bits per heavy atom. The van der Waals surface area contributed by atoms with Crippen LogP contribution in [-0.2, 0) is 0 Å². The first-order chi connectivity index (χ1) is 7.77. The fraction of sp³-hybridized carbons (Fsp3) is 0.857. The molecule has 0 heterocycles. The maximum Gasteiger partial charge on any atom is 1.00 e. The molecular formula is C14H27NaO2. The zero-order valence-corrected chi connectivity index (χ0v) is 13.7. The van der Waals surface area contributed by atoms with Crippen LogP contribution in [0.2, 0.25) is 0 Å². The molecule has 0 bridgehead atoms. The summed E-state index contributed by atoms with van der Waals surface area (Å²) in [6, 6.07) is 0. The van der Waals surface area contributed by atoms with Crippen molar-refractivity contribution in [2.24, 2.45) is 0 Å². The molecule has 0 aromatic rings. The molecular weight excluding hydrogens is 223 g/mol. The van der Waals surface area contributed by atoms with Crippen molar-refractivity contribution in [2.75, 3.05) is 0 Å². The van der Waals surface area contributed by atoms with E-state index in [1.807, 2.05) is 0 Å². The first kappa shape index (κ1) is 19.7. The Bertz CT molecular complexity index is 166. The fourth-order valence-corrected chi connectivity index (χ4v) is 1.86. The smallest absolute Gasteiger partial charge is 0.629 e. The minimum absolute atomic E-state index is 0. The summed E-state index contributed by atoms with van der Waals surface area (Å²) in [5, 5.41) is 18.6. The molecule has 0 aliphatic carbocycles. The Kier molecular flexibility index (Phi) is 18.9. The van der Waals surface area contributed by atoms with Crippen LogP contribution in [0, 0.1) is 0 Å². The molecule has 0 fully saturated rings. The third-order valence-electron chi connectivity index (χ3n) is 2.88. The number of hydrogen-bond acceptors (Lipinski definition) is 2. The molecule has 0 amide bonds. The van der Waals surface area contributed by atoms with Crippen molar-refractivity contribution in [3.05, 3.63) is 12.0 Å². The Morgan fingerprint density at radius 2 is 1.29 bits per heavy atom. The van der Waals surface area contributed by atoms with Gasteiger partial charge >= 0.3 is 29.6 Å². The summed E-state index contributed by atoms with van der Waals surface area (Å²) in [5.41, 5.74) is 0. The van der Waals surface area contributed by atoms with Gasteiger partial charge in [0.25, 0.3) is 0 Å². The first-order valence-electron chi connectivity index (χ1n) is 6.83. The van der Waals surface area contributed by atoms with Crippen LogP contribution in [0.1, 0.15) is 77.6 Å². The number of unbranched alkanes of at least 4 members (excludes halogenated alkanes) is 10. The van der Waals surface area contributed by atoms with Crippen molar-refractivity contribution in [1.29, 1.82) is 0 Å². The number of hydrogen-bond donors (Lipinski definition) is 1. The fourth-order valence-electron chi connectivity index (χ4n) is 1.86. The van der Waals surface area contributed by atoms with E-state index in [0.717, 1.165) is 12.8 Å². The second-order valence-electron chi connectivity index (χ2n) is 4.51. The van der Waals surface area contributed by atoms with E-state index in [9.17, 15) is 5.11 Å². The van der Waals surface area contributed by atoms with Crippen molar-refractivity contribution in [2.45, 2.75) is 77.6 Å². The topological polar surface area (TPSA) is 43.3 Å². The van der Waals surface area contributed by atoms with Gasteiger partial charge in [0.15, 0.2) is 0 Å². The van der Waals surface area contributed by atoms with Gasteiger partial charge in [-0.25, -0.2) is 0 Å². The van der Waals surface area contributed by atoms with Crippen LogP contribution in [0.3, 0.4) is 0 Å². The van der Waals surface area contributed by atoms with Gasteiger partial charge in [-0.05, 0) is 12.8 Å². The minimum atomic E-state index is -0.782. The van der Waals surface area contributed by atoms with E-state index < -0.39 is 5.95 Å². The van der Waals surface area contributed by atoms with Crippen LogP contribution >= 0.6 is 0 Å². The second kappa shape index (κ2) is 16.3. The number of rotatable bonds is 11. The second-order valence-corrected chi connectivity index (χ2v) is 4.51. The molecule has 0 rings (SSSR count). The summed E-state index contributed by atoms with van der Waals surface area (Å²) < 4.78 is 0. The van der Waals surface area contributed by atoms with Crippen LogP contribution in [0.15, 0.2) is 12.0 Å². The van der Waals surface area contributed by atoms with Gasteiger partial charge in [0.2, 0.25) is 0 Å². The van der Waals surface area contributed by atoms with Crippen molar-refractivity contribution < 1.29 is 39.8 Å². The van der Waals surface area contributed by atoms with Crippen LogP contribution < -0.4 is 34.7 Å². The molecule has 1 N–H and O–H groups in total. The zero-order valence-electron chi connectivity index (χ0n) is 11.7. The van der Waals surface area contributed by atoms with Crippen molar-refractivity contribution >= 4 is 0 Å². The molecule has 0 aromatic heterocycles. The molecule has 0 saturated carbocycles. The van der Waals surface area contributed by atoms with E-state index in [0.29, 0.717) is 0 Å². The van der Waals surface area contributed by atoms with Crippen LogP contribution in [0.4, 0.5) is 0 Å². The number of allylic oxidation sites excluding steroid dienone is 1. The van der Waals surface area contributed by atoms with E-state index in [4.69, 9.17) is 5.11 Å². The largest absolute Gasteiger partial charge is 1.00 e. The summed E-state index contributed by atoms with van der Waals surface area (Å²) in [6.45, 7) is 2.24. The molecule has 0 atom stereocenters. The van der Waals surface area contributed by atoms with Gasteiger partial charge in [-0.2, -0.15) is 0 Å². The van der Waals surface area contributed by atoms with E-state index in [1.54, 1.807) is 0 Å². The number of aliphatic hydroxyl groups excluding tert-OH is 1. The normalized spacial score (nSPS) is 11.2. The summed E-state index contributed by atoms with van der Waals surface area (Å²) in [4.78, 5) is 0. The molecule has 0 aliphatic rings. The predicted molar refractivity (Wildman–Crippen MR) is 67.2 cm³/mol. The monoisotopic (exact) mass is 250 g/mol. The maximum absolute atomic E-state index is 10.2. The van der Waals surface area contributed by atoms with Crippen LogP contribution in [-0.4, -0.2) is 5.11 Å². The third kappa shape index (κ3) is 18.9. The first-order valence-corrected chi connectivity index (χ1v) is 6.83. The van der Waals surface area contributed by atoms with Crippen molar-refractivity contribution in [3.8, 4) is 0 Å². The van der Waals surface area contributed by atoms with Crippen molar-refractivity contribution in [1.82, 2.24) is 0 Å². The van der Waals surface area contributed by atoms with Gasteiger partial charge in [-0.3, -0.25) is 0 Å². The van der Waals surface area contributed by atoms with Gasteiger partial charge in [0, 0.05) is 5.95 Å². The number of aliphatic hydroxyl groups is 1. The molecule has 0 aliphatic heterocycles. The van der Waals surface area contributed by atoms with Gasteiger partial charge in [0.1, 0.15) is 0 Å². The molecule has 0 aromatic carbocycles. The van der Waals surface area contributed by atoms with E-state index in [1.165, 1.54) is 63.9 Å². The molecule has 0 saturated heterocycles.